The Bertz CT molecular complexity index is 259. The molecule has 0 aliphatic rings. The molecule has 1 aromatic rings. The Balaban J connectivity index is 3.20. The van der Waals surface area contributed by atoms with Crippen LogP contribution in [0, 0.1) is 6.92 Å². The third-order valence-electron chi connectivity index (χ3n) is 2.37. The lowest BCUT2D eigenvalue weighted by molar-refractivity contribution is 0.834. The summed E-state index contributed by atoms with van der Waals surface area (Å²) in [6.07, 6.45) is 1.15. The lowest BCUT2D eigenvalue weighted by atomic mass is 9.92. The van der Waals surface area contributed by atoms with Gasteiger partial charge in [0.1, 0.15) is 0 Å². The summed E-state index contributed by atoms with van der Waals surface area (Å²) >= 11 is 0. The summed E-state index contributed by atoms with van der Waals surface area (Å²) in [6.45, 7) is 8.96. The van der Waals surface area contributed by atoms with E-state index in [1.54, 1.807) is 5.56 Å². The number of aryl methyl sites for hydroxylation is 2. The molecule has 0 aromatic heterocycles. The first-order valence-corrected chi connectivity index (χ1v) is 4.75. The van der Waals surface area contributed by atoms with Crippen molar-refractivity contribution in [1.82, 2.24) is 0 Å². The molecule has 0 spiro atoms. The molecule has 1 rings (SSSR count). The van der Waals surface area contributed by atoms with E-state index >= 15 is 0 Å². The Morgan fingerprint density at radius 2 is 1.92 bits per heavy atom. The molecule has 66 valence electrons. The molecule has 1 aromatic carbocycles. The van der Waals surface area contributed by atoms with E-state index in [2.05, 4.69) is 45.9 Å². The van der Waals surface area contributed by atoms with Crippen LogP contribution < -0.4 is 0 Å². The molecule has 0 heterocycles. The topological polar surface area (TPSA) is 0 Å². The van der Waals surface area contributed by atoms with E-state index in [4.69, 9.17) is 0 Å². The average Bonchev–Trinajstić information content (AvgIpc) is 2.03. The van der Waals surface area contributed by atoms with Gasteiger partial charge < -0.3 is 0 Å². The van der Waals surface area contributed by atoms with Gasteiger partial charge in [0.15, 0.2) is 0 Å². The van der Waals surface area contributed by atoms with E-state index in [0.717, 1.165) is 6.42 Å². The molecule has 0 aliphatic heterocycles. The Kier molecular flexibility index (Phi) is 2.91. The molecule has 0 nitrogen and oxygen atoms in total. The third-order valence-corrected chi connectivity index (χ3v) is 2.37. The van der Waals surface area contributed by atoms with Gasteiger partial charge in [-0.15, -0.1) is 0 Å². The summed E-state index contributed by atoms with van der Waals surface area (Å²) in [5.41, 5.74) is 4.48. The smallest absolute Gasteiger partial charge is 0.0213 e. The zero-order valence-electron chi connectivity index (χ0n) is 8.52. The fourth-order valence-electron chi connectivity index (χ4n) is 1.88. The Hall–Kier alpha value is -0.780. The number of rotatable bonds is 2. The van der Waals surface area contributed by atoms with E-state index < -0.39 is 0 Å². The van der Waals surface area contributed by atoms with E-state index in [1.165, 1.54) is 11.1 Å². The van der Waals surface area contributed by atoms with Gasteiger partial charge >= 0.3 is 0 Å². The van der Waals surface area contributed by atoms with E-state index in [-0.39, 0.29) is 0 Å². The molecule has 0 heteroatoms. The van der Waals surface area contributed by atoms with Crippen LogP contribution in [0.25, 0.3) is 0 Å². The summed E-state index contributed by atoms with van der Waals surface area (Å²) < 4.78 is 0. The minimum atomic E-state index is 0.654. The molecule has 0 atom stereocenters. The van der Waals surface area contributed by atoms with Crippen molar-refractivity contribution in [3.05, 3.63) is 34.9 Å². The highest BCUT2D eigenvalue weighted by Crippen LogP contribution is 2.23. The highest BCUT2D eigenvalue weighted by atomic mass is 14.1. The zero-order valence-corrected chi connectivity index (χ0v) is 8.52. The number of hydrogen-bond donors (Lipinski definition) is 0. The second-order valence-corrected chi connectivity index (χ2v) is 3.66. The Morgan fingerprint density at radius 3 is 2.33 bits per heavy atom. The van der Waals surface area contributed by atoms with Crippen molar-refractivity contribution < 1.29 is 0 Å². The fourth-order valence-corrected chi connectivity index (χ4v) is 1.88. The van der Waals surface area contributed by atoms with Crippen molar-refractivity contribution in [2.45, 2.75) is 40.0 Å². The van der Waals surface area contributed by atoms with Gasteiger partial charge in [0.05, 0.1) is 0 Å². The second kappa shape index (κ2) is 3.75. The average molecular weight is 162 g/mol. The first-order valence-electron chi connectivity index (χ1n) is 4.75. The number of hydrogen-bond acceptors (Lipinski definition) is 0. The van der Waals surface area contributed by atoms with Crippen molar-refractivity contribution in [2.75, 3.05) is 0 Å². The van der Waals surface area contributed by atoms with Crippen LogP contribution in [0.15, 0.2) is 18.2 Å². The lowest BCUT2D eigenvalue weighted by Crippen LogP contribution is -1.97. The van der Waals surface area contributed by atoms with Gasteiger partial charge in [0.2, 0.25) is 0 Å². The lowest BCUT2D eigenvalue weighted by Gasteiger charge is -2.14. The van der Waals surface area contributed by atoms with Crippen molar-refractivity contribution in [1.29, 1.82) is 0 Å². The first-order chi connectivity index (χ1) is 5.66. The monoisotopic (exact) mass is 162 g/mol. The first kappa shape index (κ1) is 9.31. The van der Waals surface area contributed by atoms with Crippen molar-refractivity contribution >= 4 is 0 Å². The zero-order chi connectivity index (χ0) is 9.14. The van der Waals surface area contributed by atoms with Crippen molar-refractivity contribution in [3.8, 4) is 0 Å². The second-order valence-electron chi connectivity index (χ2n) is 3.66. The maximum absolute atomic E-state index is 2.27. The molecule has 0 fully saturated rings. The van der Waals surface area contributed by atoms with E-state index in [0.29, 0.717) is 5.92 Å². The van der Waals surface area contributed by atoms with Crippen LogP contribution in [-0.2, 0) is 6.42 Å². The van der Waals surface area contributed by atoms with Crippen LogP contribution in [0.5, 0.6) is 0 Å². The molecule has 0 unspecified atom stereocenters. The minimum absolute atomic E-state index is 0.654. The van der Waals surface area contributed by atoms with E-state index in [1.807, 2.05) is 0 Å². The molecule has 0 N–H and O–H groups in total. The maximum atomic E-state index is 2.27. The largest absolute Gasteiger partial charge is 0.0617 e. The van der Waals surface area contributed by atoms with Gasteiger partial charge in [-0.3, -0.25) is 0 Å². The SMILES string of the molecule is CCc1cccc(C)c1C(C)C. The Labute approximate surface area is 75.6 Å². The van der Waals surface area contributed by atoms with Gasteiger partial charge in [0.25, 0.3) is 0 Å². The molecule has 0 saturated carbocycles. The van der Waals surface area contributed by atoms with E-state index in [9.17, 15) is 0 Å². The number of benzene rings is 1. The molecule has 12 heavy (non-hydrogen) atoms. The Morgan fingerprint density at radius 1 is 1.25 bits per heavy atom. The molecule has 0 amide bonds. The van der Waals surface area contributed by atoms with Crippen LogP contribution in [0.2, 0.25) is 0 Å². The highest BCUT2D eigenvalue weighted by Gasteiger charge is 2.06. The predicted octanol–water partition coefficient (Wildman–Crippen LogP) is 3.68. The fraction of sp³-hybridized carbons (Fsp3) is 0.500. The van der Waals surface area contributed by atoms with Gasteiger partial charge in [-0.1, -0.05) is 39.0 Å². The molecule has 0 aliphatic carbocycles. The summed E-state index contributed by atoms with van der Waals surface area (Å²) in [5.74, 6) is 0.654. The van der Waals surface area contributed by atoms with Gasteiger partial charge in [-0.05, 0) is 36.0 Å². The molecule has 0 radical (unpaired) electrons. The summed E-state index contributed by atoms with van der Waals surface area (Å²) in [4.78, 5) is 0. The minimum Gasteiger partial charge on any atom is -0.0617 e. The predicted molar refractivity (Wildman–Crippen MR) is 54.6 cm³/mol. The normalized spacial score (nSPS) is 10.8. The highest BCUT2D eigenvalue weighted by molar-refractivity contribution is 5.36. The molecule has 0 bridgehead atoms. The van der Waals surface area contributed by atoms with Crippen LogP contribution >= 0.6 is 0 Å². The van der Waals surface area contributed by atoms with Crippen LogP contribution in [0.3, 0.4) is 0 Å². The van der Waals surface area contributed by atoms with Gasteiger partial charge in [-0.2, -0.15) is 0 Å². The van der Waals surface area contributed by atoms with Crippen molar-refractivity contribution in [3.63, 3.8) is 0 Å². The summed E-state index contributed by atoms with van der Waals surface area (Å²) in [7, 11) is 0. The standard InChI is InChI=1S/C12H18/c1-5-11-8-6-7-10(4)12(11)9(2)3/h6-9H,5H2,1-4H3. The van der Waals surface area contributed by atoms with Gasteiger partial charge in [0, 0.05) is 0 Å². The third kappa shape index (κ3) is 1.69. The maximum Gasteiger partial charge on any atom is -0.0213 e. The quantitative estimate of drug-likeness (QED) is 0.622. The van der Waals surface area contributed by atoms with Crippen LogP contribution in [0.4, 0.5) is 0 Å². The van der Waals surface area contributed by atoms with Crippen LogP contribution in [0.1, 0.15) is 43.4 Å². The van der Waals surface area contributed by atoms with Crippen molar-refractivity contribution in [2.24, 2.45) is 0 Å². The molecule has 0 saturated heterocycles. The molecular weight excluding hydrogens is 144 g/mol. The summed E-state index contributed by atoms with van der Waals surface area (Å²) in [5, 5.41) is 0. The van der Waals surface area contributed by atoms with Crippen LogP contribution in [-0.4, -0.2) is 0 Å². The molecular formula is C12H18. The summed E-state index contributed by atoms with van der Waals surface area (Å²) in [6, 6.07) is 6.59. The van der Waals surface area contributed by atoms with Gasteiger partial charge in [-0.25, -0.2) is 0 Å².